The first-order valence-electron chi connectivity index (χ1n) is 23.3. The molecule has 24 heteroatoms. The van der Waals surface area contributed by atoms with Crippen LogP contribution in [0.25, 0.3) is 18.2 Å². The molecule has 9 atom stereocenters. The van der Waals surface area contributed by atoms with Gasteiger partial charge < -0.3 is 66.7 Å². The lowest BCUT2D eigenvalue weighted by atomic mass is 9.97. The quantitative estimate of drug-likeness (QED) is 0.0691. The maximum atomic E-state index is 13.9. The second-order valence-electron chi connectivity index (χ2n) is 16.7. The number of hydrogen-bond acceptors (Lipinski definition) is 24. The summed E-state index contributed by atoms with van der Waals surface area (Å²) in [6.07, 6.45) is -8.26. The van der Waals surface area contributed by atoms with E-state index >= 15 is 0 Å². The van der Waals surface area contributed by atoms with Crippen LogP contribution in [-0.4, -0.2) is 139 Å². The van der Waals surface area contributed by atoms with Crippen molar-refractivity contribution in [2.24, 2.45) is 0 Å². The van der Waals surface area contributed by atoms with Gasteiger partial charge in [0.15, 0.2) is 24.4 Å². The minimum absolute atomic E-state index is 0.200. The van der Waals surface area contributed by atoms with Crippen molar-refractivity contribution in [2.45, 2.75) is 103 Å². The van der Waals surface area contributed by atoms with Crippen LogP contribution < -0.4 is 14.2 Å². The van der Waals surface area contributed by atoms with Gasteiger partial charge in [-0.05, 0) is 71.3 Å². The average Bonchev–Trinajstić information content (AvgIpc) is 3.60. The Bertz CT molecular complexity index is 2730. The molecule has 2 aliphatic rings. The van der Waals surface area contributed by atoms with Crippen molar-refractivity contribution < 1.29 is 115 Å². The van der Waals surface area contributed by atoms with Crippen LogP contribution in [0.15, 0.2) is 91.0 Å². The van der Waals surface area contributed by atoms with E-state index in [-0.39, 0.29) is 17.2 Å². The van der Waals surface area contributed by atoms with Crippen LogP contribution in [0.2, 0.25) is 0 Å². The van der Waals surface area contributed by atoms with Gasteiger partial charge in [-0.2, -0.15) is 0 Å². The van der Waals surface area contributed by atoms with Gasteiger partial charge in [0.2, 0.25) is 12.1 Å². The third-order valence-electron chi connectivity index (χ3n) is 10.4. The molecular formula is C53H54O24. The molecule has 0 radical (unpaired) electrons. The highest BCUT2D eigenvalue weighted by Gasteiger charge is 2.63. The van der Waals surface area contributed by atoms with Crippen molar-refractivity contribution in [3.05, 3.63) is 108 Å². The van der Waals surface area contributed by atoms with Crippen molar-refractivity contribution in [3.8, 4) is 17.2 Å². The van der Waals surface area contributed by atoms with Crippen LogP contribution >= 0.6 is 0 Å². The molecule has 5 rings (SSSR count). The van der Waals surface area contributed by atoms with Crippen molar-refractivity contribution in [1.29, 1.82) is 0 Å². The fraction of sp³-hybridized carbons (Fsp3) is 0.358. The first-order valence-corrected chi connectivity index (χ1v) is 23.3. The predicted octanol–water partition coefficient (Wildman–Crippen LogP) is 3.46. The van der Waals surface area contributed by atoms with E-state index in [9.17, 15) is 53.1 Å². The number of rotatable bonds is 21. The molecule has 2 saturated heterocycles. The Morgan fingerprint density at radius 2 is 0.870 bits per heavy atom. The van der Waals surface area contributed by atoms with Gasteiger partial charge in [-0.3, -0.25) is 33.6 Å². The summed E-state index contributed by atoms with van der Waals surface area (Å²) in [4.78, 5) is 125. The summed E-state index contributed by atoms with van der Waals surface area (Å²) in [6.45, 7) is 4.94. The van der Waals surface area contributed by atoms with E-state index in [1.807, 2.05) is 0 Å². The zero-order valence-corrected chi connectivity index (χ0v) is 42.5. The Balaban J connectivity index is 1.58. The smallest absolute Gasteiger partial charge is 0.331 e. The van der Waals surface area contributed by atoms with Crippen LogP contribution in [0.4, 0.5) is 0 Å². The number of aliphatic hydroxyl groups excluding tert-OH is 1. The Morgan fingerprint density at radius 1 is 0.468 bits per heavy atom. The SMILES string of the molecule is CC(=O)OC[C@H]1O[C@H](O[C@]2(COC(=O)/C=C/c3ccc(OC(C)=O)cc3)O[C@H](COC(=O)/C=C/c3ccc(OC(C)=O)cc3)[C@@H](O)[C@@H]2OC(=O)/C=C/c2ccc(OC(C)=O)cc2)[C@H](OC(C)=O)[C@@H](OC(C)=O)[C@@H]1OC(C)=O. The van der Waals surface area contributed by atoms with Crippen molar-refractivity contribution in [1.82, 2.24) is 0 Å². The molecule has 0 bridgehead atoms. The second kappa shape index (κ2) is 27.8. The van der Waals surface area contributed by atoms with Gasteiger partial charge >= 0.3 is 59.7 Å². The lowest BCUT2D eigenvalue weighted by Gasteiger charge is -2.46. The molecule has 0 aromatic heterocycles. The van der Waals surface area contributed by atoms with Gasteiger partial charge in [-0.1, -0.05) is 36.4 Å². The summed E-state index contributed by atoms with van der Waals surface area (Å²) >= 11 is 0. The summed E-state index contributed by atoms with van der Waals surface area (Å²) < 4.78 is 72.8. The van der Waals surface area contributed by atoms with Gasteiger partial charge in [0.05, 0.1) is 0 Å². The number of carbonyl (C=O) groups excluding carboxylic acids is 10. The average molecular weight is 1070 g/mol. The summed E-state index contributed by atoms with van der Waals surface area (Å²) in [7, 11) is 0. The zero-order chi connectivity index (χ0) is 56.4. The van der Waals surface area contributed by atoms with Gasteiger partial charge in [0.1, 0.15) is 55.4 Å². The van der Waals surface area contributed by atoms with Crippen LogP contribution in [0, 0.1) is 0 Å². The van der Waals surface area contributed by atoms with E-state index in [0.717, 1.165) is 45.9 Å². The molecule has 2 heterocycles. The Labute approximate surface area is 439 Å². The fourth-order valence-electron chi connectivity index (χ4n) is 7.39. The zero-order valence-electron chi connectivity index (χ0n) is 42.5. The van der Waals surface area contributed by atoms with Crippen LogP contribution in [0.1, 0.15) is 65.2 Å². The van der Waals surface area contributed by atoms with Gasteiger partial charge in [0, 0.05) is 66.7 Å². The van der Waals surface area contributed by atoms with Crippen molar-refractivity contribution in [2.75, 3.05) is 19.8 Å². The number of benzene rings is 3. The van der Waals surface area contributed by atoms with E-state index in [1.165, 1.54) is 112 Å². The maximum absolute atomic E-state index is 13.9. The summed E-state index contributed by atoms with van der Waals surface area (Å²) in [5.41, 5.74) is 1.28. The molecule has 24 nitrogen and oxygen atoms in total. The molecule has 0 amide bonds. The van der Waals surface area contributed by atoms with E-state index in [2.05, 4.69) is 0 Å². The highest BCUT2D eigenvalue weighted by atomic mass is 16.8. The minimum Gasteiger partial charge on any atom is -0.463 e. The molecular weight excluding hydrogens is 1020 g/mol. The van der Waals surface area contributed by atoms with Crippen molar-refractivity contribution >= 4 is 77.9 Å². The molecule has 1 N–H and O–H groups in total. The molecule has 0 saturated carbocycles. The molecule has 410 valence electrons. The Kier molecular flexibility index (Phi) is 21.4. The first kappa shape index (κ1) is 59.3. The van der Waals surface area contributed by atoms with E-state index in [4.69, 9.17) is 61.6 Å². The monoisotopic (exact) mass is 1070 g/mol. The van der Waals surface area contributed by atoms with E-state index in [1.54, 1.807) is 0 Å². The third kappa shape index (κ3) is 18.6. The predicted molar refractivity (Wildman–Crippen MR) is 259 cm³/mol. The number of carbonyl (C=O) groups is 10. The standard InChI is InChI=1S/C53H54O24/c1-29(54)65-27-43-48(71-33(5)58)49(72-34(6)59)50(73-35(7)60)52(74-43)77-53(28-67-45(62)24-15-37-10-19-40(20-11-37)69-31(3)56)51(75-46(63)25-16-38-12-21-41(22-13-38)70-32(4)57)47(64)42(76-53)26-66-44(61)23-14-36-8-17-39(18-9-36)68-30(2)55/h8-25,42-43,47-52,64H,26-28H2,1-7H3/b23-14+,24-15+,25-16+/t42-,43-,47-,48-,49+,50-,51+,52-,53+/m1/s1. The van der Waals surface area contributed by atoms with Gasteiger partial charge in [0.25, 0.3) is 0 Å². The first-order chi connectivity index (χ1) is 36.5. The third-order valence-corrected chi connectivity index (χ3v) is 10.4. The molecule has 0 spiro atoms. The maximum Gasteiger partial charge on any atom is 0.331 e. The topological polar surface area (TPSA) is 311 Å². The summed E-state index contributed by atoms with van der Waals surface area (Å²) in [5, 5.41) is 12.1. The van der Waals surface area contributed by atoms with Crippen LogP contribution in [0.3, 0.4) is 0 Å². The summed E-state index contributed by atoms with van der Waals surface area (Å²) in [6, 6.07) is 17.8. The second-order valence-corrected chi connectivity index (χ2v) is 16.7. The summed E-state index contributed by atoms with van der Waals surface area (Å²) in [5.74, 6) is -11.0. The molecule has 2 fully saturated rings. The molecule has 3 aromatic carbocycles. The normalized spacial score (nSPS) is 22.8. The number of esters is 10. The highest BCUT2D eigenvalue weighted by Crippen LogP contribution is 2.40. The molecule has 3 aromatic rings. The number of ether oxygens (including phenoxy) is 13. The number of aliphatic hydroxyl groups is 1. The Morgan fingerprint density at radius 3 is 1.30 bits per heavy atom. The molecule has 0 unspecified atom stereocenters. The lowest BCUT2D eigenvalue weighted by molar-refractivity contribution is -0.384. The van der Waals surface area contributed by atoms with E-state index < -0.39 is 134 Å². The van der Waals surface area contributed by atoms with Crippen LogP contribution in [0.5, 0.6) is 17.2 Å². The largest absolute Gasteiger partial charge is 0.463 e. The van der Waals surface area contributed by atoms with Gasteiger partial charge in [-0.15, -0.1) is 0 Å². The van der Waals surface area contributed by atoms with E-state index in [0.29, 0.717) is 16.7 Å². The highest BCUT2D eigenvalue weighted by molar-refractivity contribution is 5.88. The lowest BCUT2D eigenvalue weighted by Crippen LogP contribution is -2.65. The number of hydrogen-bond donors (Lipinski definition) is 1. The Hall–Kier alpha value is -8.58. The molecule has 2 aliphatic heterocycles. The minimum atomic E-state index is -2.80. The molecule has 77 heavy (non-hydrogen) atoms. The molecule has 0 aliphatic carbocycles. The van der Waals surface area contributed by atoms with Gasteiger partial charge in [-0.25, -0.2) is 14.4 Å². The van der Waals surface area contributed by atoms with Crippen LogP contribution in [-0.2, 0) is 95.3 Å². The fourth-order valence-corrected chi connectivity index (χ4v) is 7.39. The van der Waals surface area contributed by atoms with Crippen molar-refractivity contribution in [3.63, 3.8) is 0 Å².